The molecule has 132 valence electrons. The van der Waals surface area contributed by atoms with E-state index in [0.29, 0.717) is 5.02 Å². The third-order valence-corrected chi connectivity index (χ3v) is 4.54. The number of benzene rings is 2. The number of amides is 2. The van der Waals surface area contributed by atoms with Crippen molar-refractivity contribution in [3.63, 3.8) is 0 Å². The maximum atomic E-state index is 12.5. The van der Waals surface area contributed by atoms with Crippen LogP contribution in [0.5, 0.6) is 0 Å². The van der Waals surface area contributed by atoms with Crippen molar-refractivity contribution in [3.8, 4) is 0 Å². The van der Waals surface area contributed by atoms with Gasteiger partial charge in [-0.15, -0.1) is 0 Å². The van der Waals surface area contributed by atoms with Crippen LogP contribution in [0, 0.1) is 13.8 Å². The van der Waals surface area contributed by atoms with E-state index in [9.17, 15) is 9.59 Å². The lowest BCUT2D eigenvalue weighted by molar-refractivity contribution is -0.127. The van der Waals surface area contributed by atoms with Crippen molar-refractivity contribution >= 4 is 29.1 Å². The van der Waals surface area contributed by atoms with Crippen LogP contribution in [0.25, 0.3) is 0 Å². The van der Waals surface area contributed by atoms with Crippen molar-refractivity contribution in [2.45, 2.75) is 33.1 Å². The van der Waals surface area contributed by atoms with Gasteiger partial charge in [0.15, 0.2) is 0 Å². The lowest BCUT2D eigenvalue weighted by Crippen LogP contribution is -2.43. The second-order valence-electron chi connectivity index (χ2n) is 6.63. The number of anilines is 1. The molecule has 0 bridgehead atoms. The highest BCUT2D eigenvalue weighted by Crippen LogP contribution is 2.25. The van der Waals surface area contributed by atoms with Gasteiger partial charge in [0.2, 0.25) is 11.8 Å². The maximum Gasteiger partial charge on any atom is 0.243 e. The fourth-order valence-corrected chi connectivity index (χ4v) is 2.70. The minimum Gasteiger partial charge on any atom is -0.346 e. The summed E-state index contributed by atoms with van der Waals surface area (Å²) in [5.41, 5.74) is 2.84. The van der Waals surface area contributed by atoms with E-state index in [1.165, 1.54) is 0 Å². The Hall–Kier alpha value is -2.33. The fraction of sp³-hybridized carbons (Fsp3) is 0.300. The molecule has 0 aliphatic heterocycles. The minimum atomic E-state index is -0.760. The van der Waals surface area contributed by atoms with Crippen LogP contribution in [-0.2, 0) is 15.0 Å². The Morgan fingerprint density at radius 3 is 2.12 bits per heavy atom. The number of para-hydroxylation sites is 1. The number of nitrogens with one attached hydrogen (secondary N) is 2. The zero-order valence-corrected chi connectivity index (χ0v) is 15.7. The van der Waals surface area contributed by atoms with Crippen LogP contribution in [0.1, 0.15) is 30.5 Å². The number of aryl methyl sites for hydroxylation is 2. The van der Waals surface area contributed by atoms with Crippen molar-refractivity contribution in [2.24, 2.45) is 0 Å². The lowest BCUT2D eigenvalue weighted by Gasteiger charge is -2.24. The molecule has 0 aromatic heterocycles. The highest BCUT2D eigenvalue weighted by molar-refractivity contribution is 6.30. The summed E-state index contributed by atoms with van der Waals surface area (Å²) in [5, 5.41) is 6.19. The van der Waals surface area contributed by atoms with Gasteiger partial charge in [-0.1, -0.05) is 41.9 Å². The molecule has 2 N–H and O–H groups in total. The van der Waals surface area contributed by atoms with Crippen molar-refractivity contribution in [2.75, 3.05) is 11.9 Å². The summed E-state index contributed by atoms with van der Waals surface area (Å²) in [5.74, 6) is -0.468. The van der Waals surface area contributed by atoms with Gasteiger partial charge in [-0.2, -0.15) is 0 Å². The van der Waals surface area contributed by atoms with E-state index >= 15 is 0 Å². The monoisotopic (exact) mass is 358 g/mol. The van der Waals surface area contributed by atoms with Gasteiger partial charge in [-0.3, -0.25) is 9.59 Å². The van der Waals surface area contributed by atoms with Crippen LogP contribution in [0.3, 0.4) is 0 Å². The van der Waals surface area contributed by atoms with Crippen LogP contribution in [0.4, 0.5) is 5.69 Å². The average molecular weight is 359 g/mol. The van der Waals surface area contributed by atoms with Crippen molar-refractivity contribution in [1.29, 1.82) is 0 Å². The van der Waals surface area contributed by atoms with Crippen LogP contribution in [0.15, 0.2) is 42.5 Å². The molecule has 25 heavy (non-hydrogen) atoms. The number of carbonyl (C=O) groups is 2. The smallest absolute Gasteiger partial charge is 0.243 e. The Kier molecular flexibility index (Phi) is 5.85. The molecule has 0 atom stereocenters. The standard InChI is InChI=1S/C20H23ClN2O2/c1-13-6-5-7-14(2)18(13)23-17(24)12-22-19(25)20(3,4)15-8-10-16(21)11-9-15/h5-11H,12H2,1-4H3,(H,22,25)(H,23,24). The normalized spacial score (nSPS) is 11.1. The molecular formula is C20H23ClN2O2. The number of hydrogen-bond donors (Lipinski definition) is 2. The van der Waals surface area contributed by atoms with Crippen molar-refractivity contribution < 1.29 is 9.59 Å². The van der Waals surface area contributed by atoms with Gasteiger partial charge in [-0.05, 0) is 56.5 Å². The van der Waals surface area contributed by atoms with Crippen LogP contribution in [0.2, 0.25) is 5.02 Å². The number of hydrogen-bond acceptors (Lipinski definition) is 2. The number of rotatable bonds is 5. The van der Waals surface area contributed by atoms with Crippen LogP contribution in [-0.4, -0.2) is 18.4 Å². The Bertz CT molecular complexity index is 763. The SMILES string of the molecule is Cc1cccc(C)c1NC(=O)CNC(=O)C(C)(C)c1ccc(Cl)cc1. The molecule has 0 spiro atoms. The molecule has 0 saturated carbocycles. The van der Waals surface area contributed by atoms with Crippen molar-refractivity contribution in [1.82, 2.24) is 5.32 Å². The van der Waals surface area contributed by atoms with Gasteiger partial charge >= 0.3 is 0 Å². The van der Waals surface area contributed by atoms with E-state index in [1.807, 2.05) is 58.0 Å². The Labute approximate surface area is 153 Å². The molecule has 0 radical (unpaired) electrons. The first-order chi connectivity index (χ1) is 11.7. The maximum absolute atomic E-state index is 12.5. The predicted octanol–water partition coefficient (Wildman–Crippen LogP) is 3.99. The summed E-state index contributed by atoms with van der Waals surface area (Å²) in [6.07, 6.45) is 0. The van der Waals surface area contributed by atoms with E-state index in [-0.39, 0.29) is 18.4 Å². The second kappa shape index (κ2) is 7.70. The van der Waals surface area contributed by atoms with Gasteiger partial charge in [0.25, 0.3) is 0 Å². The Morgan fingerprint density at radius 2 is 1.56 bits per heavy atom. The Morgan fingerprint density at radius 1 is 1.00 bits per heavy atom. The third-order valence-electron chi connectivity index (χ3n) is 4.29. The molecule has 0 saturated heterocycles. The van der Waals surface area contributed by atoms with Crippen molar-refractivity contribution in [3.05, 3.63) is 64.2 Å². The molecule has 0 fully saturated rings. The van der Waals surface area contributed by atoms with Gasteiger partial charge in [-0.25, -0.2) is 0 Å². The summed E-state index contributed by atoms with van der Waals surface area (Å²) in [6, 6.07) is 12.9. The van der Waals surface area contributed by atoms with E-state index in [1.54, 1.807) is 12.1 Å². The largest absolute Gasteiger partial charge is 0.346 e. The molecule has 0 heterocycles. The second-order valence-corrected chi connectivity index (χ2v) is 7.07. The first kappa shape index (κ1) is 19.0. The summed E-state index contributed by atoms with van der Waals surface area (Å²) >= 11 is 5.89. The summed E-state index contributed by atoms with van der Waals surface area (Å²) < 4.78 is 0. The molecule has 0 unspecified atom stereocenters. The topological polar surface area (TPSA) is 58.2 Å². The van der Waals surface area contributed by atoms with Gasteiger partial charge in [0.05, 0.1) is 12.0 Å². The molecule has 2 rings (SSSR count). The van der Waals surface area contributed by atoms with E-state index < -0.39 is 5.41 Å². The molecule has 0 aliphatic carbocycles. The molecule has 0 aliphatic rings. The molecule has 2 amide bonds. The predicted molar refractivity (Wildman–Crippen MR) is 102 cm³/mol. The van der Waals surface area contributed by atoms with Crippen LogP contribution >= 0.6 is 11.6 Å². The molecular weight excluding hydrogens is 336 g/mol. The zero-order valence-electron chi connectivity index (χ0n) is 14.9. The van der Waals surface area contributed by atoms with Gasteiger partial charge < -0.3 is 10.6 Å². The molecule has 2 aromatic rings. The third kappa shape index (κ3) is 4.60. The van der Waals surface area contributed by atoms with E-state index in [0.717, 1.165) is 22.4 Å². The quantitative estimate of drug-likeness (QED) is 0.849. The summed E-state index contributed by atoms with van der Waals surface area (Å²) in [7, 11) is 0. The first-order valence-electron chi connectivity index (χ1n) is 8.12. The zero-order chi connectivity index (χ0) is 18.6. The highest BCUT2D eigenvalue weighted by Gasteiger charge is 2.29. The minimum absolute atomic E-state index is 0.0797. The highest BCUT2D eigenvalue weighted by atomic mass is 35.5. The molecule has 5 heteroatoms. The number of halogens is 1. The van der Waals surface area contributed by atoms with Crippen LogP contribution < -0.4 is 10.6 Å². The average Bonchev–Trinajstić information content (AvgIpc) is 2.56. The lowest BCUT2D eigenvalue weighted by atomic mass is 9.84. The van der Waals surface area contributed by atoms with Gasteiger partial charge in [0, 0.05) is 10.7 Å². The fourth-order valence-electron chi connectivity index (χ4n) is 2.57. The molecule has 4 nitrogen and oxygen atoms in total. The first-order valence-corrected chi connectivity index (χ1v) is 8.50. The van der Waals surface area contributed by atoms with E-state index in [2.05, 4.69) is 10.6 Å². The summed E-state index contributed by atoms with van der Waals surface area (Å²) in [4.78, 5) is 24.7. The molecule has 2 aromatic carbocycles. The van der Waals surface area contributed by atoms with E-state index in [4.69, 9.17) is 11.6 Å². The Balaban J connectivity index is 1.99. The summed E-state index contributed by atoms with van der Waals surface area (Å²) in [6.45, 7) is 7.42. The number of carbonyl (C=O) groups excluding carboxylic acids is 2. The van der Waals surface area contributed by atoms with Gasteiger partial charge in [0.1, 0.15) is 0 Å².